The number of carbonyl (C=O) groups excluding carboxylic acids is 1. The molecule has 5 nitrogen and oxygen atoms in total. The Labute approximate surface area is 107 Å². The van der Waals surface area contributed by atoms with Crippen molar-refractivity contribution in [2.45, 2.75) is 57.4 Å². The van der Waals surface area contributed by atoms with E-state index in [-0.39, 0.29) is 11.8 Å². The average molecular weight is 249 g/mol. The van der Waals surface area contributed by atoms with Gasteiger partial charge in [0.2, 0.25) is 11.8 Å². The van der Waals surface area contributed by atoms with Crippen LogP contribution in [0.3, 0.4) is 0 Å². The van der Waals surface area contributed by atoms with Gasteiger partial charge in [-0.3, -0.25) is 4.79 Å². The highest BCUT2D eigenvalue weighted by Crippen LogP contribution is 2.32. The molecule has 0 unspecified atom stereocenters. The lowest BCUT2D eigenvalue weighted by atomic mass is 9.94. The van der Waals surface area contributed by atoms with E-state index in [1.54, 1.807) is 0 Å². The van der Waals surface area contributed by atoms with Crippen LogP contribution in [0.2, 0.25) is 0 Å². The third-order valence-corrected chi connectivity index (χ3v) is 4.07. The zero-order valence-corrected chi connectivity index (χ0v) is 10.8. The van der Waals surface area contributed by atoms with Crippen LogP contribution in [0.15, 0.2) is 4.52 Å². The third-order valence-electron chi connectivity index (χ3n) is 4.07. The Kier molecular flexibility index (Phi) is 3.06. The van der Waals surface area contributed by atoms with E-state index in [2.05, 4.69) is 10.1 Å². The Morgan fingerprint density at radius 2 is 2.06 bits per heavy atom. The van der Waals surface area contributed by atoms with Crippen molar-refractivity contribution < 1.29 is 9.32 Å². The average Bonchev–Trinajstić information content (AvgIpc) is 2.97. The molecule has 2 heterocycles. The first kappa shape index (κ1) is 11.7. The molecule has 2 fully saturated rings. The number of hydrogen-bond acceptors (Lipinski definition) is 4. The van der Waals surface area contributed by atoms with Gasteiger partial charge < -0.3 is 9.42 Å². The number of aryl methyl sites for hydroxylation is 1. The zero-order valence-electron chi connectivity index (χ0n) is 10.8. The van der Waals surface area contributed by atoms with Gasteiger partial charge in [-0.2, -0.15) is 4.98 Å². The fourth-order valence-electron chi connectivity index (χ4n) is 3.12. The van der Waals surface area contributed by atoms with E-state index in [4.69, 9.17) is 4.52 Å². The van der Waals surface area contributed by atoms with Gasteiger partial charge in [0.1, 0.15) is 0 Å². The van der Waals surface area contributed by atoms with Gasteiger partial charge in [0.15, 0.2) is 5.82 Å². The lowest BCUT2D eigenvalue weighted by Gasteiger charge is -2.31. The maximum atomic E-state index is 12.1. The van der Waals surface area contributed by atoms with E-state index in [1.165, 1.54) is 19.3 Å². The molecule has 0 N–H and O–H groups in total. The Balaban J connectivity index is 1.69. The number of amides is 1. The van der Waals surface area contributed by atoms with E-state index < -0.39 is 0 Å². The number of likely N-dealkylation sites (tertiary alicyclic amines) is 1. The number of carbonyl (C=O) groups is 1. The monoisotopic (exact) mass is 249 g/mol. The second kappa shape index (κ2) is 4.71. The van der Waals surface area contributed by atoms with E-state index in [1.807, 2.05) is 11.8 Å². The molecule has 1 aliphatic carbocycles. The van der Waals surface area contributed by atoms with Crippen molar-refractivity contribution in [3.05, 3.63) is 11.7 Å². The second-order valence-electron chi connectivity index (χ2n) is 5.42. The maximum absolute atomic E-state index is 12.1. The van der Waals surface area contributed by atoms with Gasteiger partial charge in [0.25, 0.3) is 0 Å². The highest BCUT2D eigenvalue weighted by Gasteiger charge is 2.37. The maximum Gasteiger partial charge on any atom is 0.232 e. The zero-order chi connectivity index (χ0) is 12.5. The van der Waals surface area contributed by atoms with Gasteiger partial charge in [-0.05, 0) is 19.8 Å². The van der Waals surface area contributed by atoms with Crippen molar-refractivity contribution >= 4 is 5.91 Å². The molecule has 1 aromatic rings. The summed E-state index contributed by atoms with van der Waals surface area (Å²) in [4.78, 5) is 18.4. The van der Waals surface area contributed by atoms with Crippen LogP contribution >= 0.6 is 0 Å². The molecule has 0 spiro atoms. The van der Waals surface area contributed by atoms with Crippen LogP contribution in [0.25, 0.3) is 0 Å². The molecule has 5 heteroatoms. The van der Waals surface area contributed by atoms with Crippen molar-refractivity contribution in [1.82, 2.24) is 15.0 Å². The van der Waals surface area contributed by atoms with Gasteiger partial charge in [0, 0.05) is 19.0 Å². The molecule has 1 amide bonds. The Bertz CT molecular complexity index is 437. The SMILES string of the molecule is Cc1noc([C@@H]2CC(=O)N(C3CCCCC3)C2)n1. The fourth-order valence-corrected chi connectivity index (χ4v) is 3.12. The number of aromatic nitrogens is 2. The summed E-state index contributed by atoms with van der Waals surface area (Å²) in [5, 5.41) is 3.81. The Morgan fingerprint density at radius 3 is 2.72 bits per heavy atom. The van der Waals surface area contributed by atoms with Crippen molar-refractivity contribution in [1.29, 1.82) is 0 Å². The minimum Gasteiger partial charge on any atom is -0.339 e. The summed E-state index contributed by atoms with van der Waals surface area (Å²) >= 11 is 0. The summed E-state index contributed by atoms with van der Waals surface area (Å²) in [5.41, 5.74) is 0. The van der Waals surface area contributed by atoms with Crippen LogP contribution < -0.4 is 0 Å². The largest absolute Gasteiger partial charge is 0.339 e. The molecule has 2 aliphatic rings. The topological polar surface area (TPSA) is 59.2 Å². The summed E-state index contributed by atoms with van der Waals surface area (Å²) in [6.07, 6.45) is 6.64. The number of rotatable bonds is 2. The Hall–Kier alpha value is -1.39. The molecule has 1 aromatic heterocycles. The summed E-state index contributed by atoms with van der Waals surface area (Å²) in [6, 6.07) is 0.445. The predicted octanol–water partition coefficient (Wildman–Crippen LogP) is 2.03. The summed E-state index contributed by atoms with van der Waals surface area (Å²) in [5.74, 6) is 1.62. The van der Waals surface area contributed by atoms with E-state index >= 15 is 0 Å². The van der Waals surface area contributed by atoms with Crippen LogP contribution in [0.4, 0.5) is 0 Å². The van der Waals surface area contributed by atoms with E-state index in [9.17, 15) is 4.79 Å². The quantitative estimate of drug-likeness (QED) is 0.804. The highest BCUT2D eigenvalue weighted by molar-refractivity contribution is 5.79. The molecule has 1 aliphatic heterocycles. The second-order valence-corrected chi connectivity index (χ2v) is 5.42. The van der Waals surface area contributed by atoms with Gasteiger partial charge in [-0.15, -0.1) is 0 Å². The molecule has 0 bridgehead atoms. The molecular weight excluding hydrogens is 230 g/mol. The molecule has 0 radical (unpaired) electrons. The summed E-state index contributed by atoms with van der Waals surface area (Å²) in [6.45, 7) is 2.56. The molecule has 98 valence electrons. The van der Waals surface area contributed by atoms with Crippen LogP contribution in [0.5, 0.6) is 0 Å². The smallest absolute Gasteiger partial charge is 0.232 e. The number of hydrogen-bond donors (Lipinski definition) is 0. The van der Waals surface area contributed by atoms with Crippen LogP contribution in [-0.4, -0.2) is 33.5 Å². The number of nitrogens with zero attached hydrogens (tertiary/aromatic N) is 3. The van der Waals surface area contributed by atoms with Gasteiger partial charge in [-0.1, -0.05) is 24.4 Å². The van der Waals surface area contributed by atoms with E-state index in [0.717, 1.165) is 19.4 Å². The summed E-state index contributed by atoms with van der Waals surface area (Å²) in [7, 11) is 0. The molecule has 3 rings (SSSR count). The highest BCUT2D eigenvalue weighted by atomic mass is 16.5. The first-order valence-electron chi connectivity index (χ1n) is 6.83. The molecule has 0 aromatic carbocycles. The molecule has 18 heavy (non-hydrogen) atoms. The van der Waals surface area contributed by atoms with Crippen molar-refractivity contribution in [3.8, 4) is 0 Å². The predicted molar refractivity (Wildman–Crippen MR) is 65.0 cm³/mol. The standard InChI is InChI=1S/C13H19N3O2/c1-9-14-13(18-15-9)10-7-12(17)16(8-10)11-5-3-2-4-6-11/h10-11H,2-8H2,1H3/t10-/m1/s1. The first-order chi connectivity index (χ1) is 8.74. The van der Waals surface area contributed by atoms with E-state index in [0.29, 0.717) is 24.2 Å². The lowest BCUT2D eigenvalue weighted by Crippen LogP contribution is -2.37. The Morgan fingerprint density at radius 1 is 1.28 bits per heavy atom. The molecule has 1 saturated heterocycles. The fraction of sp³-hybridized carbons (Fsp3) is 0.769. The van der Waals surface area contributed by atoms with Gasteiger partial charge in [-0.25, -0.2) is 0 Å². The van der Waals surface area contributed by atoms with Crippen LogP contribution in [0, 0.1) is 6.92 Å². The van der Waals surface area contributed by atoms with Gasteiger partial charge >= 0.3 is 0 Å². The third kappa shape index (κ3) is 2.13. The van der Waals surface area contributed by atoms with Crippen LogP contribution in [0.1, 0.15) is 56.2 Å². The molecule has 1 atom stereocenters. The first-order valence-corrected chi connectivity index (χ1v) is 6.83. The van der Waals surface area contributed by atoms with Crippen molar-refractivity contribution in [2.24, 2.45) is 0 Å². The van der Waals surface area contributed by atoms with Gasteiger partial charge in [0.05, 0.1) is 5.92 Å². The normalized spacial score (nSPS) is 25.9. The molecule has 1 saturated carbocycles. The lowest BCUT2D eigenvalue weighted by molar-refractivity contribution is -0.130. The minimum atomic E-state index is 0.0978. The van der Waals surface area contributed by atoms with Crippen molar-refractivity contribution in [2.75, 3.05) is 6.54 Å². The van der Waals surface area contributed by atoms with Crippen LogP contribution in [-0.2, 0) is 4.79 Å². The van der Waals surface area contributed by atoms with Crippen molar-refractivity contribution in [3.63, 3.8) is 0 Å². The summed E-state index contributed by atoms with van der Waals surface area (Å²) < 4.78 is 5.19. The molecular formula is C13H19N3O2. The minimum absolute atomic E-state index is 0.0978.